The van der Waals surface area contributed by atoms with E-state index in [0.717, 1.165) is 22.7 Å². The van der Waals surface area contributed by atoms with Gasteiger partial charge >= 0.3 is 5.97 Å². The lowest BCUT2D eigenvalue weighted by Crippen LogP contribution is -2.17. The Kier molecular flexibility index (Phi) is 5.15. The number of carbonyl (C=O) groups is 1. The average molecular weight is 345 g/mol. The van der Waals surface area contributed by atoms with Gasteiger partial charge in [0.2, 0.25) is 0 Å². The predicted octanol–water partition coefficient (Wildman–Crippen LogP) is 3.62. The quantitative estimate of drug-likeness (QED) is 0.749. The van der Waals surface area contributed by atoms with Crippen LogP contribution in [0.4, 0.5) is 0 Å². The summed E-state index contributed by atoms with van der Waals surface area (Å²) in [5, 5.41) is 2.96. The van der Waals surface area contributed by atoms with E-state index in [-0.39, 0.29) is 19.2 Å². The number of hydrogen-bond acceptors (Lipinski definition) is 6. The molecule has 0 atom stereocenters. The van der Waals surface area contributed by atoms with Gasteiger partial charge in [0, 0.05) is 10.9 Å². The average Bonchev–Trinajstić information content (AvgIpc) is 3.08. The molecule has 126 valence electrons. The first kappa shape index (κ1) is 16.5. The highest BCUT2D eigenvalue weighted by molar-refractivity contribution is 7.09. The number of esters is 1. The summed E-state index contributed by atoms with van der Waals surface area (Å²) in [5.41, 5.74) is 2.09. The van der Waals surface area contributed by atoms with E-state index in [9.17, 15) is 4.79 Å². The molecule has 0 radical (unpaired) electrons. The zero-order valence-corrected chi connectivity index (χ0v) is 14.5. The van der Waals surface area contributed by atoms with Gasteiger partial charge in [-0.3, -0.25) is 0 Å². The first-order valence-corrected chi connectivity index (χ1v) is 8.78. The van der Waals surface area contributed by atoms with Crippen LogP contribution in [0.3, 0.4) is 0 Å². The van der Waals surface area contributed by atoms with Crippen molar-refractivity contribution in [2.45, 2.75) is 26.9 Å². The molecule has 0 saturated carbocycles. The van der Waals surface area contributed by atoms with Gasteiger partial charge < -0.3 is 14.2 Å². The summed E-state index contributed by atoms with van der Waals surface area (Å²) in [6, 6.07) is 5.62. The molecule has 0 N–H and O–H groups in total. The molecule has 0 bridgehead atoms. The zero-order chi connectivity index (χ0) is 16.9. The summed E-state index contributed by atoms with van der Waals surface area (Å²) in [6.45, 7) is 4.88. The van der Waals surface area contributed by atoms with Crippen LogP contribution in [0.2, 0.25) is 0 Å². The Morgan fingerprint density at radius 1 is 1.38 bits per heavy atom. The number of thiazole rings is 1. The summed E-state index contributed by atoms with van der Waals surface area (Å²) in [6.07, 6.45) is 2.68. The van der Waals surface area contributed by atoms with Crippen LogP contribution in [-0.4, -0.2) is 24.2 Å². The number of ether oxygens (including phenoxy) is 3. The Morgan fingerprint density at radius 3 is 3.00 bits per heavy atom. The van der Waals surface area contributed by atoms with E-state index < -0.39 is 0 Å². The van der Waals surface area contributed by atoms with Crippen molar-refractivity contribution < 1.29 is 19.0 Å². The maximum atomic E-state index is 12.2. The molecule has 24 heavy (non-hydrogen) atoms. The predicted molar refractivity (Wildman–Crippen MR) is 92.4 cm³/mol. The first-order chi connectivity index (χ1) is 11.7. The van der Waals surface area contributed by atoms with Gasteiger partial charge in [0.25, 0.3) is 0 Å². The van der Waals surface area contributed by atoms with Gasteiger partial charge in [-0.2, -0.15) is 0 Å². The van der Waals surface area contributed by atoms with Crippen LogP contribution in [-0.2, 0) is 22.6 Å². The topological polar surface area (TPSA) is 57.7 Å². The van der Waals surface area contributed by atoms with E-state index >= 15 is 0 Å². The van der Waals surface area contributed by atoms with Crippen LogP contribution in [0.1, 0.15) is 30.1 Å². The fourth-order valence-electron chi connectivity index (χ4n) is 2.38. The molecule has 1 aromatic heterocycles. The number of hydrogen-bond donors (Lipinski definition) is 0. The minimum absolute atomic E-state index is 0.174. The van der Waals surface area contributed by atoms with Crippen molar-refractivity contribution in [1.82, 2.24) is 4.98 Å². The largest absolute Gasteiger partial charge is 0.490 e. The molecule has 2 heterocycles. The van der Waals surface area contributed by atoms with Crippen molar-refractivity contribution in [1.29, 1.82) is 0 Å². The van der Waals surface area contributed by atoms with E-state index in [2.05, 4.69) is 4.98 Å². The van der Waals surface area contributed by atoms with Gasteiger partial charge in [0.1, 0.15) is 13.2 Å². The van der Waals surface area contributed by atoms with Crippen LogP contribution in [0.25, 0.3) is 6.08 Å². The molecular weight excluding hydrogens is 326 g/mol. The maximum absolute atomic E-state index is 12.2. The van der Waals surface area contributed by atoms with Crippen molar-refractivity contribution in [2.75, 3.05) is 13.2 Å². The third-order valence-electron chi connectivity index (χ3n) is 3.53. The molecule has 3 rings (SSSR count). The van der Waals surface area contributed by atoms with Crippen molar-refractivity contribution in [3.8, 4) is 11.5 Å². The summed E-state index contributed by atoms with van der Waals surface area (Å²) >= 11 is 1.58. The summed E-state index contributed by atoms with van der Waals surface area (Å²) in [4.78, 5) is 16.6. The van der Waals surface area contributed by atoms with Crippen LogP contribution < -0.4 is 9.47 Å². The maximum Gasteiger partial charge on any atom is 0.337 e. The third kappa shape index (κ3) is 3.59. The van der Waals surface area contributed by atoms with Crippen molar-refractivity contribution in [2.24, 2.45) is 0 Å². The second-order valence-corrected chi connectivity index (χ2v) is 6.17. The molecule has 0 aliphatic carbocycles. The standard InChI is InChI=1S/C18H19NO4S/c1-3-16-19-14(11-24-16)10-23-18(20)13-8-12-6-5-7-15(21-4-2)17(12)22-9-13/h5-8,11H,3-4,9-10H2,1-2H3. The number of benzene rings is 1. The molecule has 1 aliphatic rings. The lowest BCUT2D eigenvalue weighted by Gasteiger charge is -2.19. The van der Waals surface area contributed by atoms with Crippen LogP contribution in [0.15, 0.2) is 29.2 Å². The van der Waals surface area contributed by atoms with Crippen LogP contribution >= 0.6 is 11.3 Å². The number of carbonyl (C=O) groups excluding carboxylic acids is 1. The Balaban J connectivity index is 1.68. The van der Waals surface area contributed by atoms with E-state index in [1.54, 1.807) is 17.4 Å². The molecule has 1 aliphatic heterocycles. The van der Waals surface area contributed by atoms with Gasteiger partial charge in [-0.15, -0.1) is 11.3 Å². The Labute approximate surface area is 144 Å². The molecule has 0 saturated heterocycles. The minimum Gasteiger partial charge on any atom is -0.490 e. The van der Waals surface area contributed by atoms with Gasteiger partial charge in [0.05, 0.1) is 22.9 Å². The van der Waals surface area contributed by atoms with Crippen molar-refractivity contribution in [3.05, 3.63) is 45.4 Å². The number of para-hydroxylation sites is 1. The summed E-state index contributed by atoms with van der Waals surface area (Å²) in [7, 11) is 0. The van der Waals surface area contributed by atoms with Gasteiger partial charge in [-0.25, -0.2) is 9.78 Å². The van der Waals surface area contributed by atoms with E-state index in [4.69, 9.17) is 14.2 Å². The normalized spacial score (nSPS) is 12.8. The monoisotopic (exact) mass is 345 g/mol. The first-order valence-electron chi connectivity index (χ1n) is 7.90. The zero-order valence-electron chi connectivity index (χ0n) is 13.7. The fraction of sp³-hybridized carbons (Fsp3) is 0.333. The Bertz CT molecular complexity index is 766. The SMILES string of the molecule is CCOc1cccc2c1OCC(C(=O)OCc1csc(CC)n1)=C2. The number of aromatic nitrogens is 1. The lowest BCUT2D eigenvalue weighted by atomic mass is 10.1. The molecular formula is C18H19NO4S. The number of aryl methyl sites for hydroxylation is 1. The minimum atomic E-state index is -0.381. The highest BCUT2D eigenvalue weighted by Crippen LogP contribution is 2.35. The molecule has 0 amide bonds. The fourth-order valence-corrected chi connectivity index (χ4v) is 3.11. The molecule has 6 heteroatoms. The second kappa shape index (κ2) is 7.49. The molecule has 2 aromatic rings. The highest BCUT2D eigenvalue weighted by atomic mass is 32.1. The second-order valence-electron chi connectivity index (χ2n) is 5.23. The number of fused-ring (bicyclic) bond motifs is 1. The Hall–Kier alpha value is -2.34. The van der Waals surface area contributed by atoms with Gasteiger partial charge in [-0.05, 0) is 25.5 Å². The molecule has 0 unspecified atom stereocenters. The molecule has 1 aromatic carbocycles. The van der Waals surface area contributed by atoms with Crippen LogP contribution in [0, 0.1) is 0 Å². The lowest BCUT2D eigenvalue weighted by molar-refractivity contribution is -0.140. The van der Waals surface area contributed by atoms with Crippen molar-refractivity contribution in [3.63, 3.8) is 0 Å². The van der Waals surface area contributed by atoms with Gasteiger partial charge in [-0.1, -0.05) is 19.1 Å². The molecule has 0 fully saturated rings. The summed E-state index contributed by atoms with van der Waals surface area (Å²) in [5.74, 6) is 0.977. The smallest absolute Gasteiger partial charge is 0.337 e. The van der Waals surface area contributed by atoms with Crippen LogP contribution in [0.5, 0.6) is 11.5 Å². The third-order valence-corrected chi connectivity index (χ3v) is 4.57. The number of rotatable bonds is 6. The summed E-state index contributed by atoms with van der Waals surface area (Å²) < 4.78 is 16.6. The van der Waals surface area contributed by atoms with E-state index in [1.807, 2.05) is 37.4 Å². The molecule has 5 nitrogen and oxygen atoms in total. The Morgan fingerprint density at radius 2 is 2.25 bits per heavy atom. The molecule has 0 spiro atoms. The number of nitrogens with zero attached hydrogens (tertiary/aromatic N) is 1. The van der Waals surface area contributed by atoms with Gasteiger partial charge in [0.15, 0.2) is 11.5 Å². The van der Waals surface area contributed by atoms with E-state index in [1.165, 1.54) is 0 Å². The van der Waals surface area contributed by atoms with Crippen molar-refractivity contribution >= 4 is 23.4 Å². The highest BCUT2D eigenvalue weighted by Gasteiger charge is 2.21. The van der Waals surface area contributed by atoms with E-state index in [0.29, 0.717) is 23.7 Å².